The highest BCUT2D eigenvalue weighted by Gasteiger charge is 2.09. The maximum Gasteiger partial charge on any atom is 0.219 e. The molecule has 0 N–H and O–H groups in total. The van der Waals surface area contributed by atoms with Crippen LogP contribution >= 0.6 is 11.6 Å². The fourth-order valence-electron chi connectivity index (χ4n) is 2.02. The molecule has 0 aliphatic carbocycles. The van der Waals surface area contributed by atoms with Gasteiger partial charge in [0.2, 0.25) is 5.88 Å². The van der Waals surface area contributed by atoms with Crippen LogP contribution in [0, 0.1) is 27.7 Å². The first-order valence-corrected chi connectivity index (χ1v) is 6.83. The molecule has 19 heavy (non-hydrogen) atoms. The molecule has 0 atom stereocenters. The minimum absolute atomic E-state index is 0.464. The highest BCUT2D eigenvalue weighted by molar-refractivity contribution is 6.17. The molecule has 0 spiro atoms. The molecule has 3 heteroatoms. The van der Waals surface area contributed by atoms with E-state index < -0.39 is 0 Å². The standard InChI is InChI=1S/C16H18ClNO/c1-10-5-6-11(2)16(13(10)4)19-15-8-14(9-17)7-12(3)18-15/h5-8H,9H2,1-4H3. The van der Waals surface area contributed by atoms with Gasteiger partial charge in [0.1, 0.15) is 5.75 Å². The Balaban J connectivity index is 2.41. The van der Waals surface area contributed by atoms with Crippen LogP contribution in [0.25, 0.3) is 0 Å². The maximum atomic E-state index is 5.97. The summed E-state index contributed by atoms with van der Waals surface area (Å²) in [5, 5.41) is 0. The predicted molar refractivity (Wildman–Crippen MR) is 79.3 cm³/mol. The van der Waals surface area contributed by atoms with E-state index in [4.69, 9.17) is 16.3 Å². The lowest BCUT2D eigenvalue weighted by Gasteiger charge is -2.13. The predicted octanol–water partition coefficient (Wildman–Crippen LogP) is 4.85. The molecule has 2 nitrogen and oxygen atoms in total. The maximum absolute atomic E-state index is 5.97. The van der Waals surface area contributed by atoms with Gasteiger partial charge in [-0.05, 0) is 56.0 Å². The number of hydrogen-bond acceptors (Lipinski definition) is 2. The SMILES string of the molecule is Cc1cc(CCl)cc(Oc2c(C)ccc(C)c2C)n1. The summed E-state index contributed by atoms with van der Waals surface area (Å²) in [5.74, 6) is 1.96. The Labute approximate surface area is 119 Å². The van der Waals surface area contributed by atoms with Gasteiger partial charge in [0.25, 0.3) is 0 Å². The van der Waals surface area contributed by atoms with Crippen LogP contribution in [0.1, 0.15) is 27.9 Å². The highest BCUT2D eigenvalue weighted by atomic mass is 35.5. The van der Waals surface area contributed by atoms with Crippen LogP contribution < -0.4 is 4.74 Å². The number of ether oxygens (including phenoxy) is 1. The fraction of sp³-hybridized carbons (Fsp3) is 0.312. The second kappa shape index (κ2) is 5.62. The molecule has 0 radical (unpaired) electrons. The van der Waals surface area contributed by atoms with Gasteiger partial charge in [0, 0.05) is 17.6 Å². The third-order valence-electron chi connectivity index (χ3n) is 3.22. The third-order valence-corrected chi connectivity index (χ3v) is 3.53. The van der Waals surface area contributed by atoms with Crippen molar-refractivity contribution in [1.29, 1.82) is 0 Å². The lowest BCUT2D eigenvalue weighted by Crippen LogP contribution is -1.97. The molecule has 0 saturated heterocycles. The van der Waals surface area contributed by atoms with E-state index in [0.717, 1.165) is 28.1 Å². The summed E-state index contributed by atoms with van der Waals surface area (Å²) in [7, 11) is 0. The fourth-order valence-corrected chi connectivity index (χ4v) is 2.18. The summed E-state index contributed by atoms with van der Waals surface area (Å²) < 4.78 is 5.97. The van der Waals surface area contributed by atoms with E-state index in [9.17, 15) is 0 Å². The van der Waals surface area contributed by atoms with Crippen molar-refractivity contribution in [1.82, 2.24) is 4.98 Å². The smallest absolute Gasteiger partial charge is 0.219 e. The van der Waals surface area contributed by atoms with Crippen molar-refractivity contribution in [3.8, 4) is 11.6 Å². The van der Waals surface area contributed by atoms with Crippen molar-refractivity contribution in [3.05, 3.63) is 52.2 Å². The van der Waals surface area contributed by atoms with Gasteiger partial charge in [-0.2, -0.15) is 0 Å². The second-order valence-corrected chi connectivity index (χ2v) is 5.11. The number of benzene rings is 1. The zero-order chi connectivity index (χ0) is 14.0. The first kappa shape index (κ1) is 13.9. The van der Waals surface area contributed by atoms with Crippen LogP contribution in [0.15, 0.2) is 24.3 Å². The molecule has 0 aliphatic heterocycles. The van der Waals surface area contributed by atoms with Crippen LogP contribution in [-0.4, -0.2) is 4.98 Å². The van der Waals surface area contributed by atoms with Crippen molar-refractivity contribution in [2.45, 2.75) is 33.6 Å². The molecular weight excluding hydrogens is 258 g/mol. The van der Waals surface area contributed by atoms with Crippen LogP contribution in [0.5, 0.6) is 11.6 Å². The van der Waals surface area contributed by atoms with Gasteiger partial charge in [-0.1, -0.05) is 12.1 Å². The third kappa shape index (κ3) is 3.07. The number of pyridine rings is 1. The van der Waals surface area contributed by atoms with E-state index in [1.165, 1.54) is 5.56 Å². The van der Waals surface area contributed by atoms with E-state index in [1.807, 2.05) is 26.0 Å². The average Bonchev–Trinajstić information content (AvgIpc) is 2.38. The van der Waals surface area contributed by atoms with E-state index in [-0.39, 0.29) is 0 Å². The zero-order valence-electron chi connectivity index (χ0n) is 11.7. The van der Waals surface area contributed by atoms with Crippen molar-refractivity contribution in [2.24, 2.45) is 0 Å². The summed E-state index contributed by atoms with van der Waals surface area (Å²) in [6.07, 6.45) is 0. The van der Waals surface area contributed by atoms with Crippen molar-refractivity contribution >= 4 is 11.6 Å². The highest BCUT2D eigenvalue weighted by Crippen LogP contribution is 2.30. The molecule has 0 aliphatic rings. The average molecular weight is 276 g/mol. The number of alkyl halides is 1. The van der Waals surface area contributed by atoms with Gasteiger partial charge in [-0.15, -0.1) is 11.6 Å². The Morgan fingerprint density at radius 1 is 1.05 bits per heavy atom. The summed E-state index contributed by atoms with van der Waals surface area (Å²) in [6, 6.07) is 8.03. The summed E-state index contributed by atoms with van der Waals surface area (Å²) >= 11 is 5.88. The Morgan fingerprint density at radius 3 is 2.42 bits per heavy atom. The first-order chi connectivity index (χ1) is 9.01. The lowest BCUT2D eigenvalue weighted by atomic mass is 10.1. The Hall–Kier alpha value is -1.54. The van der Waals surface area contributed by atoms with Gasteiger partial charge in [0.15, 0.2) is 0 Å². The van der Waals surface area contributed by atoms with Crippen LogP contribution in [0.4, 0.5) is 0 Å². The number of aryl methyl sites for hydroxylation is 3. The van der Waals surface area contributed by atoms with Crippen molar-refractivity contribution < 1.29 is 4.74 Å². The first-order valence-electron chi connectivity index (χ1n) is 6.29. The van der Waals surface area contributed by atoms with E-state index >= 15 is 0 Å². The zero-order valence-corrected chi connectivity index (χ0v) is 12.5. The second-order valence-electron chi connectivity index (χ2n) is 4.84. The monoisotopic (exact) mass is 275 g/mol. The van der Waals surface area contributed by atoms with Crippen LogP contribution in [0.2, 0.25) is 0 Å². The Morgan fingerprint density at radius 2 is 1.74 bits per heavy atom. The topological polar surface area (TPSA) is 22.1 Å². The van der Waals surface area contributed by atoms with Gasteiger partial charge in [0.05, 0.1) is 0 Å². The molecule has 2 aromatic rings. The van der Waals surface area contributed by atoms with Gasteiger partial charge in [-0.3, -0.25) is 0 Å². The van der Waals surface area contributed by atoms with E-state index in [0.29, 0.717) is 11.8 Å². The number of hydrogen-bond donors (Lipinski definition) is 0. The number of nitrogens with zero attached hydrogens (tertiary/aromatic N) is 1. The lowest BCUT2D eigenvalue weighted by molar-refractivity contribution is 0.454. The van der Waals surface area contributed by atoms with Crippen molar-refractivity contribution in [3.63, 3.8) is 0 Å². The molecule has 1 aromatic carbocycles. The van der Waals surface area contributed by atoms with E-state index in [1.54, 1.807) is 0 Å². The van der Waals surface area contributed by atoms with Crippen LogP contribution in [-0.2, 0) is 5.88 Å². The van der Waals surface area contributed by atoms with Gasteiger partial charge >= 0.3 is 0 Å². The van der Waals surface area contributed by atoms with Crippen molar-refractivity contribution in [2.75, 3.05) is 0 Å². The Bertz CT molecular complexity index is 608. The van der Waals surface area contributed by atoms with E-state index in [2.05, 4.69) is 31.0 Å². The molecule has 0 unspecified atom stereocenters. The molecule has 0 saturated carbocycles. The number of aromatic nitrogens is 1. The quantitative estimate of drug-likeness (QED) is 0.747. The molecule has 2 rings (SSSR count). The molecule has 1 aromatic heterocycles. The van der Waals surface area contributed by atoms with Crippen LogP contribution in [0.3, 0.4) is 0 Å². The summed E-state index contributed by atoms with van der Waals surface area (Å²) in [6.45, 7) is 8.13. The molecule has 0 amide bonds. The minimum atomic E-state index is 0.464. The van der Waals surface area contributed by atoms with Gasteiger partial charge in [-0.25, -0.2) is 4.98 Å². The largest absolute Gasteiger partial charge is 0.438 e. The molecule has 100 valence electrons. The van der Waals surface area contributed by atoms with Gasteiger partial charge < -0.3 is 4.74 Å². The minimum Gasteiger partial charge on any atom is -0.438 e. The molecular formula is C16H18ClNO. The molecule has 0 fully saturated rings. The summed E-state index contributed by atoms with van der Waals surface area (Å²) in [5.41, 5.74) is 5.41. The molecule has 0 bridgehead atoms. The summed E-state index contributed by atoms with van der Waals surface area (Å²) in [4.78, 5) is 4.41. The number of rotatable bonds is 3. The number of halogens is 1. The normalized spacial score (nSPS) is 10.6. The molecule has 1 heterocycles. The Kier molecular flexibility index (Phi) is 4.11.